The summed E-state index contributed by atoms with van der Waals surface area (Å²) >= 11 is 0. The van der Waals surface area contributed by atoms with E-state index >= 15 is 0 Å². The summed E-state index contributed by atoms with van der Waals surface area (Å²) in [6.07, 6.45) is 11.5. The SMILES string of the molecule is CCCCCCCCCCc1ccc2cc(O)c(-c3cc(O)ccc3O)cc2c1. The minimum atomic E-state index is 0.0348. The number of phenolic OH excluding ortho intramolecular Hbond substituents is 3. The highest BCUT2D eigenvalue weighted by atomic mass is 16.3. The van der Waals surface area contributed by atoms with E-state index in [1.807, 2.05) is 12.1 Å². The van der Waals surface area contributed by atoms with Gasteiger partial charge in [0.1, 0.15) is 17.2 Å². The van der Waals surface area contributed by atoms with Gasteiger partial charge in [-0.1, -0.05) is 70.1 Å². The molecule has 3 nitrogen and oxygen atoms in total. The van der Waals surface area contributed by atoms with E-state index in [1.165, 1.54) is 75.1 Å². The van der Waals surface area contributed by atoms with E-state index in [0.29, 0.717) is 11.1 Å². The summed E-state index contributed by atoms with van der Waals surface area (Å²) in [7, 11) is 0. The van der Waals surface area contributed by atoms with Gasteiger partial charge in [0.25, 0.3) is 0 Å². The zero-order chi connectivity index (χ0) is 20.6. The number of fused-ring (bicyclic) bond motifs is 1. The van der Waals surface area contributed by atoms with Gasteiger partial charge in [-0.25, -0.2) is 0 Å². The van der Waals surface area contributed by atoms with E-state index in [-0.39, 0.29) is 17.2 Å². The van der Waals surface area contributed by atoms with Gasteiger partial charge in [-0.15, -0.1) is 0 Å². The van der Waals surface area contributed by atoms with Crippen LogP contribution in [0.4, 0.5) is 0 Å². The molecule has 0 atom stereocenters. The molecule has 154 valence electrons. The van der Waals surface area contributed by atoms with Crippen molar-refractivity contribution in [1.29, 1.82) is 0 Å². The molecule has 0 spiro atoms. The quantitative estimate of drug-likeness (QED) is 0.250. The maximum atomic E-state index is 10.4. The van der Waals surface area contributed by atoms with Gasteiger partial charge in [-0.05, 0) is 59.5 Å². The van der Waals surface area contributed by atoms with Crippen molar-refractivity contribution in [2.75, 3.05) is 0 Å². The summed E-state index contributed by atoms with van der Waals surface area (Å²) in [4.78, 5) is 0. The van der Waals surface area contributed by atoms with Crippen LogP contribution in [0.25, 0.3) is 21.9 Å². The third-order valence-corrected chi connectivity index (χ3v) is 5.61. The van der Waals surface area contributed by atoms with Crippen molar-refractivity contribution in [2.24, 2.45) is 0 Å². The molecule has 0 amide bonds. The Bertz CT molecular complexity index is 946. The molecule has 0 aliphatic rings. The van der Waals surface area contributed by atoms with Crippen LogP contribution >= 0.6 is 0 Å². The largest absolute Gasteiger partial charge is 0.508 e. The van der Waals surface area contributed by atoms with Crippen LogP contribution in [0.2, 0.25) is 0 Å². The topological polar surface area (TPSA) is 60.7 Å². The van der Waals surface area contributed by atoms with Crippen molar-refractivity contribution < 1.29 is 15.3 Å². The summed E-state index contributed by atoms with van der Waals surface area (Å²) < 4.78 is 0. The summed E-state index contributed by atoms with van der Waals surface area (Å²) in [5, 5.41) is 32.3. The van der Waals surface area contributed by atoms with Crippen LogP contribution in [0, 0.1) is 0 Å². The maximum Gasteiger partial charge on any atom is 0.124 e. The number of aromatic hydroxyl groups is 3. The van der Waals surface area contributed by atoms with Crippen molar-refractivity contribution in [3.63, 3.8) is 0 Å². The summed E-state index contributed by atoms with van der Waals surface area (Å²) in [5.74, 6) is 0.183. The number of hydrogen-bond donors (Lipinski definition) is 3. The smallest absolute Gasteiger partial charge is 0.124 e. The molecule has 0 aliphatic heterocycles. The van der Waals surface area contributed by atoms with Crippen molar-refractivity contribution in [2.45, 2.75) is 64.7 Å². The predicted octanol–water partition coefficient (Wildman–Crippen LogP) is 7.31. The van der Waals surface area contributed by atoms with E-state index < -0.39 is 0 Å². The Labute approximate surface area is 173 Å². The average molecular weight is 393 g/mol. The normalized spacial score (nSPS) is 11.2. The highest BCUT2D eigenvalue weighted by Gasteiger charge is 2.12. The van der Waals surface area contributed by atoms with E-state index in [9.17, 15) is 15.3 Å². The monoisotopic (exact) mass is 392 g/mol. The second kappa shape index (κ2) is 10.2. The lowest BCUT2D eigenvalue weighted by molar-refractivity contribution is 0.459. The van der Waals surface area contributed by atoms with Crippen LogP contribution < -0.4 is 0 Å². The fourth-order valence-electron chi connectivity index (χ4n) is 3.91. The van der Waals surface area contributed by atoms with Crippen LogP contribution in [-0.2, 0) is 6.42 Å². The molecular formula is C26H32O3. The zero-order valence-corrected chi connectivity index (χ0v) is 17.3. The highest BCUT2D eigenvalue weighted by molar-refractivity contribution is 5.92. The molecule has 0 saturated heterocycles. The molecule has 0 radical (unpaired) electrons. The first-order chi connectivity index (χ1) is 14.1. The van der Waals surface area contributed by atoms with E-state index in [4.69, 9.17) is 0 Å². The maximum absolute atomic E-state index is 10.4. The minimum Gasteiger partial charge on any atom is -0.508 e. The van der Waals surface area contributed by atoms with Crippen LogP contribution in [0.15, 0.2) is 48.5 Å². The number of unbranched alkanes of at least 4 members (excludes halogenated alkanes) is 7. The van der Waals surface area contributed by atoms with Crippen LogP contribution in [0.5, 0.6) is 17.2 Å². The van der Waals surface area contributed by atoms with Crippen LogP contribution in [-0.4, -0.2) is 15.3 Å². The van der Waals surface area contributed by atoms with Crippen molar-refractivity contribution in [3.8, 4) is 28.4 Å². The molecular weight excluding hydrogens is 360 g/mol. The molecule has 3 rings (SSSR count). The molecule has 3 aromatic rings. The van der Waals surface area contributed by atoms with E-state index in [1.54, 1.807) is 6.07 Å². The van der Waals surface area contributed by atoms with E-state index in [2.05, 4.69) is 19.1 Å². The first kappa shape index (κ1) is 21.0. The Hall–Kier alpha value is -2.68. The lowest BCUT2D eigenvalue weighted by atomic mass is 9.96. The fourth-order valence-corrected chi connectivity index (χ4v) is 3.91. The number of phenols is 3. The van der Waals surface area contributed by atoms with Gasteiger partial charge < -0.3 is 15.3 Å². The standard InChI is InChI=1S/C26H32O3/c1-2-3-4-5-6-7-8-9-10-19-11-12-20-17-26(29)23(16-21(20)15-19)24-18-22(27)13-14-25(24)28/h11-18,27-29H,2-10H2,1H3. The average Bonchev–Trinajstić information content (AvgIpc) is 2.71. The summed E-state index contributed by atoms with van der Waals surface area (Å²) in [5.41, 5.74) is 2.24. The number of rotatable bonds is 10. The van der Waals surface area contributed by atoms with Gasteiger partial charge in [0.2, 0.25) is 0 Å². The Balaban J connectivity index is 1.67. The molecule has 3 heteroatoms. The molecule has 0 unspecified atom stereocenters. The Morgan fingerprint density at radius 2 is 1.28 bits per heavy atom. The molecule has 0 heterocycles. The summed E-state index contributed by atoms with van der Waals surface area (Å²) in [6, 6.07) is 14.3. The third-order valence-electron chi connectivity index (χ3n) is 5.61. The van der Waals surface area contributed by atoms with Crippen molar-refractivity contribution in [1.82, 2.24) is 0 Å². The highest BCUT2D eigenvalue weighted by Crippen LogP contribution is 2.39. The molecule has 0 aliphatic carbocycles. The fraction of sp³-hybridized carbons (Fsp3) is 0.385. The first-order valence-electron chi connectivity index (χ1n) is 10.9. The van der Waals surface area contributed by atoms with Crippen molar-refractivity contribution in [3.05, 3.63) is 54.1 Å². The van der Waals surface area contributed by atoms with Gasteiger partial charge in [0, 0.05) is 11.1 Å². The second-order valence-corrected chi connectivity index (χ2v) is 7.98. The Morgan fingerprint density at radius 3 is 2.03 bits per heavy atom. The zero-order valence-electron chi connectivity index (χ0n) is 17.3. The number of hydrogen-bond acceptors (Lipinski definition) is 3. The first-order valence-corrected chi connectivity index (χ1v) is 10.9. The van der Waals surface area contributed by atoms with Gasteiger partial charge in [-0.2, -0.15) is 0 Å². The third kappa shape index (κ3) is 5.66. The van der Waals surface area contributed by atoms with Crippen LogP contribution in [0.3, 0.4) is 0 Å². The molecule has 0 bridgehead atoms. The predicted molar refractivity (Wildman–Crippen MR) is 121 cm³/mol. The summed E-state index contributed by atoms with van der Waals surface area (Å²) in [6.45, 7) is 2.25. The number of aryl methyl sites for hydroxylation is 1. The molecule has 0 aromatic heterocycles. The molecule has 3 N–H and O–H groups in total. The second-order valence-electron chi connectivity index (χ2n) is 7.98. The molecule has 0 fully saturated rings. The number of benzene rings is 3. The Kier molecular flexibility index (Phi) is 7.40. The molecule has 0 saturated carbocycles. The van der Waals surface area contributed by atoms with Crippen molar-refractivity contribution >= 4 is 10.8 Å². The molecule has 3 aromatic carbocycles. The van der Waals surface area contributed by atoms with Crippen LogP contribution in [0.1, 0.15) is 63.9 Å². The van der Waals surface area contributed by atoms with E-state index in [0.717, 1.165) is 17.2 Å². The Morgan fingerprint density at radius 1 is 0.586 bits per heavy atom. The van der Waals surface area contributed by atoms with Gasteiger partial charge in [-0.3, -0.25) is 0 Å². The minimum absolute atomic E-state index is 0.0348. The molecule has 29 heavy (non-hydrogen) atoms. The van der Waals surface area contributed by atoms with Gasteiger partial charge in [0.05, 0.1) is 0 Å². The van der Waals surface area contributed by atoms with Gasteiger partial charge >= 0.3 is 0 Å². The van der Waals surface area contributed by atoms with Gasteiger partial charge in [0.15, 0.2) is 0 Å². The lowest BCUT2D eigenvalue weighted by Crippen LogP contribution is -1.88. The lowest BCUT2D eigenvalue weighted by Gasteiger charge is -2.11.